The van der Waals surface area contributed by atoms with Gasteiger partial charge in [0.2, 0.25) is 0 Å². The third-order valence-electron chi connectivity index (χ3n) is 5.91. The molecule has 0 amide bonds. The zero-order valence-electron chi connectivity index (χ0n) is 18.7. The van der Waals surface area contributed by atoms with Crippen molar-refractivity contribution in [3.63, 3.8) is 0 Å². The van der Waals surface area contributed by atoms with Crippen molar-refractivity contribution in [1.29, 1.82) is 0 Å². The molecule has 34 heavy (non-hydrogen) atoms. The molecular weight excluding hydrogens is 432 g/mol. The molecule has 4 aromatic rings. The van der Waals surface area contributed by atoms with Gasteiger partial charge in [-0.15, -0.1) is 10.2 Å². The highest BCUT2D eigenvalue weighted by Crippen LogP contribution is 2.36. The van der Waals surface area contributed by atoms with Gasteiger partial charge in [0.15, 0.2) is 23.0 Å². The number of aromatic nitrogens is 4. The average molecular weight is 457 g/mol. The second-order valence-corrected chi connectivity index (χ2v) is 8.11. The summed E-state index contributed by atoms with van der Waals surface area (Å²) < 4.78 is 13.8. The Labute approximate surface area is 196 Å². The van der Waals surface area contributed by atoms with Gasteiger partial charge in [0.25, 0.3) is 0 Å². The number of imidazole rings is 1. The van der Waals surface area contributed by atoms with Crippen molar-refractivity contribution >= 4 is 29.2 Å². The van der Waals surface area contributed by atoms with Crippen LogP contribution in [0.4, 0.5) is 0 Å². The van der Waals surface area contributed by atoms with Crippen LogP contribution in [-0.2, 0) is 0 Å². The number of benzene rings is 2. The van der Waals surface area contributed by atoms with Crippen LogP contribution >= 0.6 is 0 Å². The van der Waals surface area contributed by atoms with Gasteiger partial charge in [0.1, 0.15) is 5.82 Å². The van der Waals surface area contributed by atoms with E-state index in [2.05, 4.69) is 10.2 Å². The van der Waals surface area contributed by atoms with Gasteiger partial charge in [-0.05, 0) is 68.2 Å². The first-order chi connectivity index (χ1) is 16.6. The van der Waals surface area contributed by atoms with E-state index in [0.717, 1.165) is 35.2 Å². The molecule has 0 unspecified atom stereocenters. The van der Waals surface area contributed by atoms with Crippen molar-refractivity contribution in [3.8, 4) is 17.3 Å². The minimum absolute atomic E-state index is 0.115. The fourth-order valence-electron chi connectivity index (χ4n) is 4.24. The Morgan fingerprint density at radius 1 is 1.03 bits per heavy atom. The minimum atomic E-state index is -1.12. The van der Waals surface area contributed by atoms with Gasteiger partial charge in [0, 0.05) is 5.56 Å². The Kier molecular flexibility index (Phi) is 5.95. The van der Waals surface area contributed by atoms with Crippen molar-refractivity contribution in [2.24, 2.45) is 0 Å². The first kappa shape index (κ1) is 21.6. The number of nitrogens with zero attached hydrogens (tertiary/aromatic N) is 4. The summed E-state index contributed by atoms with van der Waals surface area (Å²) in [5.41, 5.74) is 2.40. The summed E-state index contributed by atoms with van der Waals surface area (Å²) in [6.45, 7) is 0. The van der Waals surface area contributed by atoms with E-state index in [1.807, 2.05) is 59.2 Å². The molecule has 2 aromatic carbocycles. The molecule has 0 radical (unpaired) electrons. The Morgan fingerprint density at radius 3 is 2.59 bits per heavy atom. The lowest BCUT2D eigenvalue weighted by Crippen LogP contribution is -2.12. The first-order valence-electron chi connectivity index (χ1n) is 11.2. The Bertz CT molecular complexity index is 1360. The fraction of sp³-hybridized carbons (Fsp3) is 0.231. The summed E-state index contributed by atoms with van der Waals surface area (Å²) in [6.07, 6.45) is 8.47. The van der Waals surface area contributed by atoms with Gasteiger partial charge in [-0.25, -0.2) is 9.78 Å². The number of fused-ring (bicyclic) bond motifs is 1. The number of methoxy groups -OCH3 is 1. The van der Waals surface area contributed by atoms with Gasteiger partial charge < -0.3 is 14.6 Å². The topological polar surface area (TPSA) is 99.4 Å². The number of hydrogen-bond donors (Lipinski definition) is 1. The number of rotatable bonds is 7. The van der Waals surface area contributed by atoms with Crippen LogP contribution in [0.5, 0.6) is 11.5 Å². The van der Waals surface area contributed by atoms with Gasteiger partial charge in [-0.3, -0.25) is 4.57 Å². The molecule has 0 spiro atoms. The highest BCUT2D eigenvalue weighted by Gasteiger charge is 2.20. The van der Waals surface area contributed by atoms with Crippen LogP contribution < -0.4 is 9.47 Å². The first-order valence-corrected chi connectivity index (χ1v) is 11.2. The Morgan fingerprint density at radius 2 is 1.85 bits per heavy atom. The van der Waals surface area contributed by atoms with Crippen LogP contribution in [-0.4, -0.2) is 44.0 Å². The summed E-state index contributed by atoms with van der Waals surface area (Å²) in [5.74, 6) is 1.40. The lowest BCUT2D eigenvalue weighted by Gasteiger charge is -2.18. The lowest BCUT2D eigenvalue weighted by molar-refractivity contribution is 0.0689. The normalized spacial score (nSPS) is 14.1. The molecule has 2 aromatic heterocycles. The molecule has 5 rings (SSSR count). The molecular formula is C26H24N4O4. The van der Waals surface area contributed by atoms with E-state index >= 15 is 0 Å². The second kappa shape index (κ2) is 9.35. The standard InChI is InChI=1S/C26H24N4O4/c1-33-22-12-6-7-17(25(22)34-18-8-2-3-9-18)13-15-23-27-19-10-4-5-11-21(19)30(23)24-16-14-20(26(31)32)28-29-24/h4-7,10-16,18H,2-3,8-9H2,1H3,(H,31,32)/b15-13+. The molecule has 1 aliphatic carbocycles. The molecule has 2 heterocycles. The SMILES string of the molecule is COc1cccc(/C=C/c2nc3ccccc3n2-c2ccc(C(=O)O)nn2)c1OC1CCCC1. The quantitative estimate of drug-likeness (QED) is 0.417. The third kappa shape index (κ3) is 4.22. The number of para-hydroxylation sites is 3. The smallest absolute Gasteiger partial charge is 0.356 e. The summed E-state index contributed by atoms with van der Waals surface area (Å²) in [5, 5.41) is 17.1. The fourth-order valence-corrected chi connectivity index (χ4v) is 4.24. The average Bonchev–Trinajstić information content (AvgIpc) is 3.51. The zero-order chi connectivity index (χ0) is 23.5. The number of carboxylic acids is 1. The zero-order valence-corrected chi connectivity index (χ0v) is 18.7. The van der Waals surface area contributed by atoms with Crippen LogP contribution in [0.2, 0.25) is 0 Å². The Hall–Kier alpha value is -4.20. The molecule has 1 N–H and O–H groups in total. The van der Waals surface area contributed by atoms with E-state index in [0.29, 0.717) is 17.4 Å². The van der Waals surface area contributed by atoms with Gasteiger partial charge in [-0.1, -0.05) is 24.3 Å². The molecule has 8 nitrogen and oxygen atoms in total. The van der Waals surface area contributed by atoms with Crippen LogP contribution in [0, 0.1) is 0 Å². The molecule has 0 bridgehead atoms. The Balaban J connectivity index is 1.56. The van der Waals surface area contributed by atoms with Crippen molar-refractivity contribution < 1.29 is 19.4 Å². The third-order valence-corrected chi connectivity index (χ3v) is 5.91. The van der Waals surface area contributed by atoms with Gasteiger partial charge in [0.05, 0.1) is 24.2 Å². The highest BCUT2D eigenvalue weighted by molar-refractivity contribution is 5.85. The number of hydrogen-bond acceptors (Lipinski definition) is 6. The van der Waals surface area contributed by atoms with Gasteiger partial charge >= 0.3 is 5.97 Å². The summed E-state index contributed by atoms with van der Waals surface area (Å²) in [4.78, 5) is 15.9. The minimum Gasteiger partial charge on any atom is -0.493 e. The van der Waals surface area contributed by atoms with Crippen molar-refractivity contribution in [1.82, 2.24) is 19.7 Å². The van der Waals surface area contributed by atoms with Crippen LogP contribution in [0.1, 0.15) is 47.6 Å². The van der Waals surface area contributed by atoms with E-state index in [1.165, 1.54) is 18.9 Å². The molecule has 0 atom stereocenters. The van der Waals surface area contributed by atoms with E-state index in [1.54, 1.807) is 13.2 Å². The van der Waals surface area contributed by atoms with Crippen molar-refractivity contribution in [3.05, 3.63) is 71.7 Å². The molecule has 172 valence electrons. The monoisotopic (exact) mass is 456 g/mol. The van der Waals surface area contributed by atoms with Crippen molar-refractivity contribution in [2.75, 3.05) is 7.11 Å². The predicted molar refractivity (Wildman–Crippen MR) is 128 cm³/mol. The molecule has 1 aliphatic rings. The van der Waals surface area contributed by atoms with E-state index < -0.39 is 5.97 Å². The molecule has 1 fully saturated rings. The number of carbonyl (C=O) groups is 1. The van der Waals surface area contributed by atoms with Crippen LogP contribution in [0.3, 0.4) is 0 Å². The van der Waals surface area contributed by atoms with Gasteiger partial charge in [-0.2, -0.15) is 0 Å². The molecule has 0 saturated heterocycles. The maximum absolute atomic E-state index is 11.2. The molecule has 8 heteroatoms. The second-order valence-electron chi connectivity index (χ2n) is 8.11. The van der Waals surface area contributed by atoms with Crippen molar-refractivity contribution in [2.45, 2.75) is 31.8 Å². The van der Waals surface area contributed by atoms with E-state index in [-0.39, 0.29) is 11.8 Å². The van der Waals surface area contributed by atoms with Crippen LogP contribution in [0.15, 0.2) is 54.6 Å². The predicted octanol–water partition coefficient (Wildman–Crippen LogP) is 5.01. The maximum atomic E-state index is 11.2. The van der Waals surface area contributed by atoms with Crippen LogP contribution in [0.25, 0.3) is 29.0 Å². The lowest BCUT2D eigenvalue weighted by atomic mass is 10.1. The number of carboxylic acid groups (broad SMARTS) is 1. The number of aromatic carboxylic acids is 1. The largest absolute Gasteiger partial charge is 0.493 e. The maximum Gasteiger partial charge on any atom is 0.356 e. The number of ether oxygens (including phenoxy) is 2. The summed E-state index contributed by atoms with van der Waals surface area (Å²) in [7, 11) is 1.64. The van der Waals surface area contributed by atoms with E-state index in [9.17, 15) is 4.79 Å². The molecule has 0 aliphatic heterocycles. The molecule has 1 saturated carbocycles. The highest BCUT2D eigenvalue weighted by atomic mass is 16.5. The van der Waals surface area contributed by atoms with E-state index in [4.69, 9.17) is 19.6 Å². The summed E-state index contributed by atoms with van der Waals surface area (Å²) >= 11 is 0. The summed E-state index contributed by atoms with van der Waals surface area (Å²) in [6, 6.07) is 16.6.